The lowest BCUT2D eigenvalue weighted by Crippen LogP contribution is -2.20. The van der Waals surface area contributed by atoms with Crippen LogP contribution in [0.1, 0.15) is 35.2 Å². The maximum atomic E-state index is 14.5. The lowest BCUT2D eigenvalue weighted by Gasteiger charge is -2.20. The standard InChI is InChI=1S/C26H23F2N3O3/c1-13-11-17(15(3)30-20-10-9-19(27)22(28)21(20)26(29)31-33)25-18(12-13)23(32)14(2)24(34-25)16-7-5-4-6-8-16/h4-12,15,30,33H,1-3H3,(H2,29,31). The van der Waals surface area contributed by atoms with E-state index in [2.05, 4.69) is 10.5 Å². The molecule has 1 atom stereocenters. The summed E-state index contributed by atoms with van der Waals surface area (Å²) in [4.78, 5) is 13.2. The van der Waals surface area contributed by atoms with Crippen molar-refractivity contribution in [1.29, 1.82) is 0 Å². The predicted octanol–water partition coefficient (Wildman–Crippen LogP) is 5.62. The summed E-state index contributed by atoms with van der Waals surface area (Å²) in [5.41, 5.74) is 8.29. The summed E-state index contributed by atoms with van der Waals surface area (Å²) in [6, 6.07) is 14.7. The highest BCUT2D eigenvalue weighted by Gasteiger charge is 2.22. The van der Waals surface area contributed by atoms with Crippen molar-refractivity contribution in [2.75, 3.05) is 5.32 Å². The Balaban J connectivity index is 1.90. The summed E-state index contributed by atoms with van der Waals surface area (Å²) in [5, 5.41) is 15.4. The number of nitrogens with zero attached hydrogens (tertiary/aromatic N) is 1. The summed E-state index contributed by atoms with van der Waals surface area (Å²) < 4.78 is 34.6. The third-order valence-electron chi connectivity index (χ3n) is 5.73. The fourth-order valence-electron chi connectivity index (χ4n) is 4.04. The van der Waals surface area contributed by atoms with Gasteiger partial charge in [0, 0.05) is 22.4 Å². The molecule has 1 heterocycles. The fraction of sp³-hybridized carbons (Fsp3) is 0.154. The second-order valence-electron chi connectivity index (χ2n) is 8.12. The van der Waals surface area contributed by atoms with E-state index in [0.29, 0.717) is 27.9 Å². The lowest BCUT2D eigenvalue weighted by atomic mass is 9.98. The molecule has 34 heavy (non-hydrogen) atoms. The van der Waals surface area contributed by atoms with E-state index in [9.17, 15) is 13.6 Å². The van der Waals surface area contributed by atoms with Crippen LogP contribution in [0.4, 0.5) is 14.5 Å². The Labute approximate surface area is 194 Å². The number of benzene rings is 3. The number of nitrogens with two attached hydrogens (primary N) is 1. The minimum absolute atomic E-state index is 0.120. The molecule has 1 aromatic heterocycles. The van der Waals surface area contributed by atoms with E-state index in [0.717, 1.165) is 17.2 Å². The number of hydrogen-bond donors (Lipinski definition) is 3. The average molecular weight is 463 g/mol. The van der Waals surface area contributed by atoms with Crippen LogP contribution >= 0.6 is 0 Å². The molecule has 0 spiro atoms. The van der Waals surface area contributed by atoms with Crippen LogP contribution in [-0.4, -0.2) is 11.0 Å². The van der Waals surface area contributed by atoms with Crippen molar-refractivity contribution in [1.82, 2.24) is 0 Å². The molecule has 0 amide bonds. The highest BCUT2D eigenvalue weighted by Crippen LogP contribution is 2.33. The maximum absolute atomic E-state index is 14.5. The number of amidine groups is 1. The third-order valence-corrected chi connectivity index (χ3v) is 5.73. The SMILES string of the molecule is Cc1cc(C(C)Nc2ccc(F)c(F)c2C(N)=NO)c2oc(-c3ccccc3)c(C)c(=O)c2c1. The van der Waals surface area contributed by atoms with E-state index in [-0.39, 0.29) is 11.1 Å². The molecule has 0 fully saturated rings. The minimum atomic E-state index is -1.24. The van der Waals surface area contributed by atoms with E-state index in [1.165, 1.54) is 6.07 Å². The predicted molar refractivity (Wildman–Crippen MR) is 128 cm³/mol. The number of hydrogen-bond acceptors (Lipinski definition) is 5. The molecule has 0 aliphatic carbocycles. The highest BCUT2D eigenvalue weighted by atomic mass is 19.2. The van der Waals surface area contributed by atoms with Gasteiger partial charge in [0.15, 0.2) is 22.9 Å². The van der Waals surface area contributed by atoms with Crippen LogP contribution in [0.3, 0.4) is 0 Å². The number of fused-ring (bicyclic) bond motifs is 1. The first-order chi connectivity index (χ1) is 16.2. The molecule has 0 saturated carbocycles. The molecule has 3 aromatic carbocycles. The number of aryl methyl sites for hydroxylation is 1. The zero-order chi connectivity index (χ0) is 24.6. The first-order valence-corrected chi connectivity index (χ1v) is 10.6. The molecule has 0 aliphatic heterocycles. The van der Waals surface area contributed by atoms with Gasteiger partial charge in [0.25, 0.3) is 0 Å². The van der Waals surface area contributed by atoms with Crippen molar-refractivity contribution in [3.8, 4) is 11.3 Å². The van der Waals surface area contributed by atoms with Crippen LogP contribution in [-0.2, 0) is 0 Å². The Bertz CT molecular complexity index is 1480. The summed E-state index contributed by atoms with van der Waals surface area (Å²) in [6.45, 7) is 5.37. The second-order valence-corrected chi connectivity index (χ2v) is 8.12. The Morgan fingerprint density at radius 3 is 2.50 bits per heavy atom. The van der Waals surface area contributed by atoms with Crippen LogP contribution in [0.5, 0.6) is 0 Å². The molecule has 8 heteroatoms. The van der Waals surface area contributed by atoms with Crippen molar-refractivity contribution >= 4 is 22.5 Å². The zero-order valence-corrected chi connectivity index (χ0v) is 18.8. The number of rotatable bonds is 5. The quantitative estimate of drug-likeness (QED) is 0.154. The second kappa shape index (κ2) is 8.97. The lowest BCUT2D eigenvalue weighted by molar-refractivity contribution is 0.318. The maximum Gasteiger partial charge on any atom is 0.196 e. The van der Waals surface area contributed by atoms with E-state index in [1.54, 1.807) is 19.9 Å². The first-order valence-electron chi connectivity index (χ1n) is 10.6. The van der Waals surface area contributed by atoms with Gasteiger partial charge in [0.2, 0.25) is 0 Å². The van der Waals surface area contributed by atoms with Gasteiger partial charge in [-0.2, -0.15) is 0 Å². The van der Waals surface area contributed by atoms with Gasteiger partial charge < -0.3 is 20.7 Å². The van der Waals surface area contributed by atoms with Crippen molar-refractivity contribution in [2.45, 2.75) is 26.8 Å². The molecule has 1 unspecified atom stereocenters. The Morgan fingerprint density at radius 1 is 1.12 bits per heavy atom. The summed E-state index contributed by atoms with van der Waals surface area (Å²) >= 11 is 0. The molecular weight excluding hydrogens is 440 g/mol. The largest absolute Gasteiger partial charge is 0.455 e. The smallest absolute Gasteiger partial charge is 0.196 e. The molecule has 4 rings (SSSR count). The van der Waals surface area contributed by atoms with Crippen molar-refractivity contribution in [3.05, 3.63) is 98.7 Å². The van der Waals surface area contributed by atoms with Crippen LogP contribution < -0.4 is 16.5 Å². The molecule has 174 valence electrons. The van der Waals surface area contributed by atoms with Crippen LogP contribution in [0.25, 0.3) is 22.3 Å². The van der Waals surface area contributed by atoms with Gasteiger partial charge in [0.05, 0.1) is 17.0 Å². The molecular formula is C26H23F2N3O3. The van der Waals surface area contributed by atoms with Gasteiger partial charge in [-0.1, -0.05) is 41.6 Å². The topological polar surface area (TPSA) is 101 Å². The number of anilines is 1. The Morgan fingerprint density at radius 2 is 1.82 bits per heavy atom. The monoisotopic (exact) mass is 463 g/mol. The molecule has 0 radical (unpaired) electrons. The van der Waals surface area contributed by atoms with Crippen LogP contribution in [0.15, 0.2) is 69.0 Å². The molecule has 0 bridgehead atoms. The number of nitrogens with one attached hydrogen (secondary N) is 1. The van der Waals surface area contributed by atoms with E-state index < -0.39 is 29.1 Å². The van der Waals surface area contributed by atoms with E-state index >= 15 is 0 Å². The van der Waals surface area contributed by atoms with Gasteiger partial charge in [-0.3, -0.25) is 4.79 Å². The molecule has 4 N–H and O–H groups in total. The van der Waals surface area contributed by atoms with Gasteiger partial charge in [-0.15, -0.1) is 0 Å². The van der Waals surface area contributed by atoms with E-state index in [1.807, 2.05) is 43.3 Å². The highest BCUT2D eigenvalue weighted by molar-refractivity contribution is 6.02. The Hall–Kier alpha value is -4.20. The van der Waals surface area contributed by atoms with Gasteiger partial charge in [-0.25, -0.2) is 8.78 Å². The fourth-order valence-corrected chi connectivity index (χ4v) is 4.04. The summed E-state index contributed by atoms with van der Waals surface area (Å²) in [6.07, 6.45) is 0. The van der Waals surface area contributed by atoms with Crippen LogP contribution in [0.2, 0.25) is 0 Å². The summed E-state index contributed by atoms with van der Waals surface area (Å²) in [7, 11) is 0. The average Bonchev–Trinajstić information content (AvgIpc) is 2.83. The van der Waals surface area contributed by atoms with Crippen LogP contribution in [0, 0.1) is 25.5 Å². The molecule has 0 saturated heterocycles. The third kappa shape index (κ3) is 3.98. The van der Waals surface area contributed by atoms with E-state index in [4.69, 9.17) is 15.4 Å². The van der Waals surface area contributed by atoms with Gasteiger partial charge in [0.1, 0.15) is 11.3 Å². The molecule has 0 aliphatic rings. The van der Waals surface area contributed by atoms with Gasteiger partial charge in [-0.05, 0) is 44.5 Å². The molecule has 6 nitrogen and oxygen atoms in total. The number of oxime groups is 1. The van der Waals surface area contributed by atoms with Gasteiger partial charge >= 0.3 is 0 Å². The van der Waals surface area contributed by atoms with Crippen molar-refractivity contribution < 1.29 is 18.4 Å². The molecule has 4 aromatic rings. The first kappa shape index (κ1) is 23.0. The minimum Gasteiger partial charge on any atom is -0.455 e. The Kier molecular flexibility index (Phi) is 6.06. The zero-order valence-electron chi connectivity index (χ0n) is 18.8. The normalized spacial score (nSPS) is 12.7. The van der Waals surface area contributed by atoms with Crippen molar-refractivity contribution in [3.63, 3.8) is 0 Å². The van der Waals surface area contributed by atoms with Crippen molar-refractivity contribution in [2.24, 2.45) is 10.9 Å². The summed E-state index contributed by atoms with van der Waals surface area (Å²) in [5.74, 6) is -2.49. The number of halogens is 2.